The van der Waals surface area contributed by atoms with Crippen molar-refractivity contribution in [3.05, 3.63) is 26.7 Å². The molecule has 0 spiro atoms. The third-order valence-corrected chi connectivity index (χ3v) is 6.12. The van der Waals surface area contributed by atoms with E-state index in [1.807, 2.05) is 0 Å². The van der Waals surface area contributed by atoms with E-state index in [-0.39, 0.29) is 11.2 Å². The van der Waals surface area contributed by atoms with Crippen molar-refractivity contribution in [1.82, 2.24) is 28.5 Å². The van der Waals surface area contributed by atoms with E-state index in [0.29, 0.717) is 11.2 Å². The lowest BCUT2D eigenvalue weighted by molar-refractivity contribution is 0.144. The first-order valence-electron chi connectivity index (χ1n) is 11.0. The fourth-order valence-corrected chi connectivity index (χ4v) is 4.11. The van der Waals surface area contributed by atoms with Crippen molar-refractivity contribution >= 4 is 11.2 Å². The Morgan fingerprint density at radius 3 is 2.21 bits per heavy atom. The summed E-state index contributed by atoms with van der Waals surface area (Å²) in [6.07, 6.45) is 7.20. The van der Waals surface area contributed by atoms with Gasteiger partial charge in [0.05, 0.1) is 6.54 Å². The lowest BCUT2D eigenvalue weighted by atomic mass is 10.1. The van der Waals surface area contributed by atoms with Crippen LogP contribution < -0.4 is 11.2 Å². The van der Waals surface area contributed by atoms with Crippen molar-refractivity contribution in [2.24, 2.45) is 14.1 Å². The van der Waals surface area contributed by atoms with Crippen LogP contribution in [0.3, 0.4) is 0 Å². The molecule has 162 valence electrons. The van der Waals surface area contributed by atoms with Crippen LogP contribution in [0.1, 0.15) is 51.3 Å². The minimum Gasteiger partial charge on any atom is -0.321 e. The van der Waals surface area contributed by atoms with Gasteiger partial charge in [0.2, 0.25) is 0 Å². The number of hydrogen-bond donors (Lipinski definition) is 0. The highest BCUT2D eigenvalue weighted by Gasteiger charge is 2.22. The highest BCUT2D eigenvalue weighted by Crippen LogP contribution is 2.16. The molecule has 1 aliphatic rings. The number of aryl methyl sites for hydroxylation is 2. The summed E-state index contributed by atoms with van der Waals surface area (Å²) in [6.45, 7) is 7.79. The van der Waals surface area contributed by atoms with Crippen LogP contribution in [0, 0.1) is 0 Å². The second kappa shape index (κ2) is 9.71. The van der Waals surface area contributed by atoms with Gasteiger partial charge in [-0.3, -0.25) is 18.8 Å². The van der Waals surface area contributed by atoms with Crippen molar-refractivity contribution in [2.75, 3.05) is 33.2 Å². The fraction of sp³-hybridized carbons (Fsp3) is 0.762. The van der Waals surface area contributed by atoms with E-state index in [1.165, 1.54) is 34.8 Å². The quantitative estimate of drug-likeness (QED) is 0.593. The maximum Gasteiger partial charge on any atom is 0.332 e. The molecule has 3 rings (SSSR count). The molecule has 0 amide bonds. The van der Waals surface area contributed by atoms with Gasteiger partial charge in [-0.05, 0) is 13.5 Å². The molecule has 0 aromatic carbocycles. The molecule has 8 nitrogen and oxygen atoms in total. The van der Waals surface area contributed by atoms with Gasteiger partial charge in [0.1, 0.15) is 5.82 Å². The van der Waals surface area contributed by atoms with Gasteiger partial charge in [0, 0.05) is 46.8 Å². The van der Waals surface area contributed by atoms with Gasteiger partial charge in [0.15, 0.2) is 11.2 Å². The van der Waals surface area contributed by atoms with E-state index in [4.69, 9.17) is 4.98 Å². The second-order valence-electron chi connectivity index (χ2n) is 8.40. The molecule has 1 saturated heterocycles. The monoisotopic (exact) mass is 404 g/mol. The number of unbranched alkanes of at least 4 members (excludes halogenated alkanes) is 5. The van der Waals surface area contributed by atoms with Crippen LogP contribution in [0.5, 0.6) is 0 Å². The highest BCUT2D eigenvalue weighted by molar-refractivity contribution is 5.71. The molecule has 0 unspecified atom stereocenters. The zero-order chi connectivity index (χ0) is 21.0. The number of rotatable bonds is 9. The summed E-state index contributed by atoms with van der Waals surface area (Å²) < 4.78 is 4.78. The molecule has 1 aliphatic heterocycles. The molecule has 2 aromatic heterocycles. The van der Waals surface area contributed by atoms with E-state index in [9.17, 15) is 9.59 Å². The first-order valence-corrected chi connectivity index (χ1v) is 11.0. The molecule has 0 atom stereocenters. The first kappa shape index (κ1) is 21.8. The molecular weight excluding hydrogens is 368 g/mol. The van der Waals surface area contributed by atoms with Crippen LogP contribution in [-0.4, -0.2) is 61.7 Å². The number of piperazine rings is 1. The molecule has 0 aliphatic carbocycles. The van der Waals surface area contributed by atoms with E-state index < -0.39 is 0 Å². The number of aromatic nitrogens is 4. The van der Waals surface area contributed by atoms with Gasteiger partial charge >= 0.3 is 5.69 Å². The Balaban J connectivity index is 1.89. The number of hydrogen-bond acceptors (Lipinski definition) is 5. The number of imidazole rings is 1. The zero-order valence-electron chi connectivity index (χ0n) is 18.5. The van der Waals surface area contributed by atoms with Gasteiger partial charge in [-0.25, -0.2) is 9.78 Å². The van der Waals surface area contributed by atoms with E-state index in [1.54, 1.807) is 14.1 Å². The van der Waals surface area contributed by atoms with Crippen molar-refractivity contribution < 1.29 is 0 Å². The van der Waals surface area contributed by atoms with Gasteiger partial charge in [-0.15, -0.1) is 0 Å². The third-order valence-electron chi connectivity index (χ3n) is 6.12. The number of likely N-dealkylation sites (N-methyl/N-ethyl adjacent to an activating group) is 1. The lowest BCUT2D eigenvalue weighted by Gasteiger charge is -2.32. The van der Waals surface area contributed by atoms with Crippen LogP contribution in [0.2, 0.25) is 0 Å². The third kappa shape index (κ3) is 4.80. The van der Waals surface area contributed by atoms with E-state index >= 15 is 0 Å². The minimum atomic E-state index is -0.321. The standard InChI is InChI=1S/C21H36N6O2/c1-5-6-7-8-9-10-11-27-17(16-26-14-12-23(2)13-15-26)22-19-18(27)20(28)25(4)21(29)24(19)3/h5-16H2,1-4H3. The second-order valence-corrected chi connectivity index (χ2v) is 8.40. The number of nitrogens with zero attached hydrogens (tertiary/aromatic N) is 6. The molecule has 0 radical (unpaired) electrons. The van der Waals surface area contributed by atoms with Crippen LogP contribution in [-0.2, 0) is 27.2 Å². The average molecular weight is 405 g/mol. The summed E-state index contributed by atoms with van der Waals surface area (Å²) in [5, 5.41) is 0. The molecule has 0 saturated carbocycles. The molecule has 8 heteroatoms. The topological polar surface area (TPSA) is 68.3 Å². The first-order chi connectivity index (χ1) is 13.9. The molecule has 0 bridgehead atoms. The van der Waals surface area contributed by atoms with Crippen molar-refractivity contribution in [2.45, 2.75) is 58.5 Å². The summed E-state index contributed by atoms with van der Waals surface area (Å²) in [4.78, 5) is 34.8. The largest absolute Gasteiger partial charge is 0.332 e. The Bertz CT molecular complexity index is 933. The summed E-state index contributed by atoms with van der Waals surface area (Å²) in [5.74, 6) is 0.899. The van der Waals surface area contributed by atoms with Gasteiger partial charge in [-0.1, -0.05) is 39.0 Å². The summed E-state index contributed by atoms with van der Waals surface area (Å²) in [5.41, 5.74) is 0.504. The van der Waals surface area contributed by atoms with Crippen molar-refractivity contribution in [1.29, 1.82) is 0 Å². The molecule has 3 heterocycles. The predicted octanol–water partition coefficient (Wildman–Crippen LogP) is 1.54. The molecule has 1 fully saturated rings. The average Bonchev–Trinajstić information content (AvgIpc) is 3.07. The number of fused-ring (bicyclic) bond motifs is 1. The minimum absolute atomic E-state index is 0.244. The van der Waals surface area contributed by atoms with Crippen LogP contribution in [0.4, 0.5) is 0 Å². The normalized spacial score (nSPS) is 16.1. The van der Waals surface area contributed by atoms with Crippen molar-refractivity contribution in [3.8, 4) is 0 Å². The predicted molar refractivity (Wildman–Crippen MR) is 116 cm³/mol. The van der Waals surface area contributed by atoms with Crippen molar-refractivity contribution in [3.63, 3.8) is 0 Å². The Morgan fingerprint density at radius 1 is 0.862 bits per heavy atom. The summed E-state index contributed by atoms with van der Waals surface area (Å²) in [7, 11) is 5.39. The molecule has 29 heavy (non-hydrogen) atoms. The van der Waals surface area contributed by atoms with E-state index in [0.717, 1.165) is 57.9 Å². The lowest BCUT2D eigenvalue weighted by Crippen LogP contribution is -2.44. The Kier molecular flexibility index (Phi) is 7.29. The summed E-state index contributed by atoms with van der Waals surface area (Å²) in [6, 6.07) is 0. The van der Waals surface area contributed by atoms with Crippen LogP contribution in [0.15, 0.2) is 9.59 Å². The van der Waals surface area contributed by atoms with Crippen LogP contribution in [0.25, 0.3) is 11.2 Å². The maximum atomic E-state index is 12.9. The zero-order valence-corrected chi connectivity index (χ0v) is 18.5. The van der Waals surface area contributed by atoms with Gasteiger partial charge < -0.3 is 9.47 Å². The fourth-order valence-electron chi connectivity index (χ4n) is 4.11. The molecular formula is C21H36N6O2. The van der Waals surface area contributed by atoms with Gasteiger partial charge in [0.25, 0.3) is 5.56 Å². The Hall–Kier alpha value is -1.93. The maximum absolute atomic E-state index is 12.9. The SMILES string of the molecule is CCCCCCCCn1c(CN2CCN(C)CC2)nc2c1c(=O)n(C)c(=O)n2C. The summed E-state index contributed by atoms with van der Waals surface area (Å²) >= 11 is 0. The van der Waals surface area contributed by atoms with Gasteiger partial charge in [-0.2, -0.15) is 0 Å². The molecule has 0 N–H and O–H groups in total. The molecule has 2 aromatic rings. The Morgan fingerprint density at radius 2 is 1.52 bits per heavy atom. The Labute approximate surface area is 172 Å². The van der Waals surface area contributed by atoms with Crippen LogP contribution >= 0.6 is 0 Å². The van der Waals surface area contributed by atoms with E-state index in [2.05, 4.69) is 28.3 Å². The smallest absolute Gasteiger partial charge is 0.321 e. The highest BCUT2D eigenvalue weighted by atomic mass is 16.2.